The number of aliphatic hydroxyl groups is 1. The quantitative estimate of drug-likeness (QED) is 0.0670. The molecular formula is C37H74O3. The average molecular weight is 567 g/mol. The first kappa shape index (κ1) is 39.4. The van der Waals surface area contributed by atoms with Crippen molar-refractivity contribution in [2.45, 2.75) is 214 Å². The summed E-state index contributed by atoms with van der Waals surface area (Å²) >= 11 is 0. The van der Waals surface area contributed by atoms with Gasteiger partial charge in [-0.3, -0.25) is 4.79 Å². The van der Waals surface area contributed by atoms with Gasteiger partial charge in [0.2, 0.25) is 0 Å². The second-order valence-corrected chi connectivity index (χ2v) is 13.4. The van der Waals surface area contributed by atoms with Crippen LogP contribution >= 0.6 is 0 Å². The summed E-state index contributed by atoms with van der Waals surface area (Å²) in [6.45, 7) is 11.6. The third-order valence-corrected chi connectivity index (χ3v) is 8.90. The van der Waals surface area contributed by atoms with Crippen LogP contribution in [0.15, 0.2) is 0 Å². The topological polar surface area (TPSA) is 46.5 Å². The average Bonchev–Trinajstić information content (AvgIpc) is 2.93. The Labute approximate surface area is 252 Å². The van der Waals surface area contributed by atoms with Crippen molar-refractivity contribution in [1.29, 1.82) is 0 Å². The summed E-state index contributed by atoms with van der Waals surface area (Å²) in [4.78, 5) is 13.5. The van der Waals surface area contributed by atoms with Crippen molar-refractivity contribution in [2.24, 2.45) is 11.8 Å². The second-order valence-electron chi connectivity index (χ2n) is 13.4. The Balaban J connectivity index is 5.08. The Kier molecular flexibility index (Phi) is 28.1. The van der Waals surface area contributed by atoms with E-state index in [9.17, 15) is 9.90 Å². The Morgan fingerprint density at radius 1 is 0.550 bits per heavy atom. The molecule has 1 N–H and O–H groups in total. The molecule has 3 nitrogen and oxygen atoms in total. The number of unbranched alkanes of at least 4 members (excludes halogenated alkanes) is 20. The lowest BCUT2D eigenvalue weighted by molar-refractivity contribution is -0.161. The van der Waals surface area contributed by atoms with Crippen molar-refractivity contribution in [3.63, 3.8) is 0 Å². The van der Waals surface area contributed by atoms with Gasteiger partial charge < -0.3 is 9.84 Å². The van der Waals surface area contributed by atoms with E-state index in [1.165, 1.54) is 116 Å². The van der Waals surface area contributed by atoms with Gasteiger partial charge in [0, 0.05) is 0 Å². The fourth-order valence-electron chi connectivity index (χ4n) is 6.01. The maximum atomic E-state index is 13.5. The molecule has 0 saturated heterocycles. The standard InChI is InChI=1S/C37H74O3/c1-6-9-12-15-18-20-22-25-28-32-37(39,31-27-24-17-14-11-8-3)35(36(38)40-33-30-34(4)5)29-26-23-21-19-16-13-10-7-2/h34-35,39H,6-33H2,1-5H3. The highest BCUT2D eigenvalue weighted by Gasteiger charge is 2.41. The summed E-state index contributed by atoms with van der Waals surface area (Å²) in [6.07, 6.45) is 31.9. The third-order valence-electron chi connectivity index (χ3n) is 8.90. The molecule has 0 radical (unpaired) electrons. The van der Waals surface area contributed by atoms with Crippen LogP contribution in [0.4, 0.5) is 0 Å². The van der Waals surface area contributed by atoms with E-state index < -0.39 is 5.60 Å². The molecule has 0 aliphatic heterocycles. The van der Waals surface area contributed by atoms with Crippen molar-refractivity contribution in [2.75, 3.05) is 6.61 Å². The summed E-state index contributed by atoms with van der Waals surface area (Å²) in [5.74, 6) is 0.0142. The lowest BCUT2D eigenvalue weighted by Crippen LogP contribution is -2.43. The van der Waals surface area contributed by atoms with E-state index in [4.69, 9.17) is 4.74 Å². The summed E-state index contributed by atoms with van der Waals surface area (Å²) < 4.78 is 5.84. The van der Waals surface area contributed by atoms with Crippen LogP contribution in [0, 0.1) is 11.8 Å². The SMILES string of the molecule is CCCCCCCCCCCC(O)(CCCCCCCC)C(CCCCCCCCCC)C(=O)OCCC(C)C. The smallest absolute Gasteiger partial charge is 0.311 e. The van der Waals surface area contributed by atoms with Gasteiger partial charge in [-0.05, 0) is 31.6 Å². The summed E-state index contributed by atoms with van der Waals surface area (Å²) in [5, 5.41) is 12.2. The van der Waals surface area contributed by atoms with Gasteiger partial charge in [-0.1, -0.05) is 182 Å². The number of hydrogen-bond acceptors (Lipinski definition) is 3. The molecule has 2 unspecified atom stereocenters. The molecule has 0 aromatic carbocycles. The molecule has 0 aliphatic carbocycles. The number of carbonyl (C=O) groups is 1. The fourth-order valence-corrected chi connectivity index (χ4v) is 6.01. The van der Waals surface area contributed by atoms with Crippen LogP contribution in [-0.2, 0) is 9.53 Å². The highest BCUT2D eigenvalue weighted by molar-refractivity contribution is 5.73. The number of hydrogen-bond donors (Lipinski definition) is 1. The van der Waals surface area contributed by atoms with Crippen LogP contribution in [0.5, 0.6) is 0 Å². The van der Waals surface area contributed by atoms with E-state index in [-0.39, 0.29) is 11.9 Å². The van der Waals surface area contributed by atoms with Crippen molar-refractivity contribution in [3.8, 4) is 0 Å². The predicted octanol–water partition coefficient (Wildman–Crippen LogP) is 12.1. The van der Waals surface area contributed by atoms with Gasteiger partial charge in [-0.2, -0.15) is 0 Å². The third kappa shape index (κ3) is 23.0. The van der Waals surface area contributed by atoms with E-state index in [0.717, 1.165) is 57.8 Å². The van der Waals surface area contributed by atoms with Crippen LogP contribution < -0.4 is 0 Å². The molecule has 0 aromatic rings. The van der Waals surface area contributed by atoms with Crippen molar-refractivity contribution in [3.05, 3.63) is 0 Å². The minimum absolute atomic E-state index is 0.131. The molecule has 40 heavy (non-hydrogen) atoms. The van der Waals surface area contributed by atoms with Crippen molar-refractivity contribution >= 4 is 5.97 Å². The van der Waals surface area contributed by atoms with Gasteiger partial charge in [0.15, 0.2) is 0 Å². The van der Waals surface area contributed by atoms with Crippen molar-refractivity contribution < 1.29 is 14.6 Å². The highest BCUT2D eigenvalue weighted by atomic mass is 16.5. The fraction of sp³-hybridized carbons (Fsp3) is 0.973. The minimum Gasteiger partial charge on any atom is -0.465 e. The number of carbonyl (C=O) groups excluding carboxylic acids is 1. The number of esters is 1. The van der Waals surface area contributed by atoms with Crippen LogP contribution in [0.1, 0.15) is 208 Å². The maximum absolute atomic E-state index is 13.5. The molecule has 0 fully saturated rings. The zero-order chi connectivity index (χ0) is 29.7. The molecule has 0 bridgehead atoms. The molecule has 0 spiro atoms. The Morgan fingerprint density at radius 2 is 0.900 bits per heavy atom. The summed E-state index contributed by atoms with van der Waals surface area (Å²) in [7, 11) is 0. The minimum atomic E-state index is -0.915. The molecule has 0 aliphatic rings. The van der Waals surface area contributed by atoms with Gasteiger partial charge >= 0.3 is 5.97 Å². The molecule has 0 amide bonds. The first-order valence-electron chi connectivity index (χ1n) is 18.3. The normalized spacial score (nSPS) is 14.0. The van der Waals surface area contributed by atoms with E-state index in [1.807, 2.05) is 0 Å². The van der Waals surface area contributed by atoms with Crippen molar-refractivity contribution in [1.82, 2.24) is 0 Å². The van der Waals surface area contributed by atoms with E-state index in [0.29, 0.717) is 12.5 Å². The van der Waals surface area contributed by atoms with Gasteiger partial charge in [0.05, 0.1) is 18.1 Å². The summed E-state index contributed by atoms with van der Waals surface area (Å²) in [6, 6.07) is 0. The van der Waals surface area contributed by atoms with Gasteiger partial charge in [-0.25, -0.2) is 0 Å². The zero-order valence-corrected chi connectivity index (χ0v) is 28.2. The second kappa shape index (κ2) is 28.5. The molecule has 3 heteroatoms. The van der Waals surface area contributed by atoms with E-state index in [1.54, 1.807) is 0 Å². The predicted molar refractivity (Wildman–Crippen MR) is 176 cm³/mol. The molecule has 0 saturated carbocycles. The van der Waals surface area contributed by atoms with Gasteiger partial charge in [0.1, 0.15) is 0 Å². The molecule has 0 aromatic heterocycles. The Morgan fingerprint density at radius 3 is 1.27 bits per heavy atom. The molecule has 2 atom stereocenters. The first-order chi connectivity index (χ1) is 19.4. The highest BCUT2D eigenvalue weighted by Crippen LogP contribution is 2.35. The van der Waals surface area contributed by atoms with Gasteiger partial charge in [0.25, 0.3) is 0 Å². The van der Waals surface area contributed by atoms with E-state index in [2.05, 4.69) is 34.6 Å². The molecule has 240 valence electrons. The lowest BCUT2D eigenvalue weighted by Gasteiger charge is -2.35. The van der Waals surface area contributed by atoms with Crippen LogP contribution in [0.2, 0.25) is 0 Å². The molecular weight excluding hydrogens is 492 g/mol. The largest absolute Gasteiger partial charge is 0.465 e. The lowest BCUT2D eigenvalue weighted by atomic mass is 9.76. The van der Waals surface area contributed by atoms with E-state index >= 15 is 0 Å². The first-order valence-corrected chi connectivity index (χ1v) is 18.3. The molecule has 0 heterocycles. The summed E-state index contributed by atoms with van der Waals surface area (Å²) in [5.41, 5.74) is -0.915. The Bertz CT molecular complexity index is 532. The van der Waals surface area contributed by atoms with Crippen LogP contribution in [0.3, 0.4) is 0 Å². The maximum Gasteiger partial charge on any atom is 0.311 e. The van der Waals surface area contributed by atoms with Crippen LogP contribution in [0.25, 0.3) is 0 Å². The zero-order valence-electron chi connectivity index (χ0n) is 28.2. The van der Waals surface area contributed by atoms with Gasteiger partial charge in [-0.15, -0.1) is 0 Å². The number of rotatable bonds is 31. The number of ether oxygens (including phenoxy) is 1. The monoisotopic (exact) mass is 567 g/mol. The Hall–Kier alpha value is -0.570. The van der Waals surface area contributed by atoms with Crippen LogP contribution in [-0.4, -0.2) is 23.3 Å². The molecule has 0 rings (SSSR count).